The highest BCUT2D eigenvalue weighted by atomic mass is 16.2. The molecule has 0 radical (unpaired) electrons. The van der Waals surface area contributed by atoms with Gasteiger partial charge in [-0.2, -0.15) is 0 Å². The van der Waals surface area contributed by atoms with Crippen LogP contribution in [0.25, 0.3) is 0 Å². The number of rotatable bonds is 5. The zero-order valence-electron chi connectivity index (χ0n) is 14.3. The van der Waals surface area contributed by atoms with Crippen LogP contribution in [0.5, 0.6) is 0 Å². The van der Waals surface area contributed by atoms with Crippen LogP contribution in [0.4, 0.5) is 0 Å². The highest BCUT2D eigenvalue weighted by Crippen LogP contribution is 2.13. The molecule has 2 rings (SSSR count). The largest absolute Gasteiger partial charge is 0.345 e. The Balaban J connectivity index is 2.00. The van der Waals surface area contributed by atoms with E-state index in [9.17, 15) is 9.59 Å². The molecule has 1 unspecified atom stereocenters. The van der Waals surface area contributed by atoms with Gasteiger partial charge in [-0.15, -0.1) is 0 Å². The van der Waals surface area contributed by atoms with E-state index in [4.69, 9.17) is 0 Å². The van der Waals surface area contributed by atoms with Crippen molar-refractivity contribution in [2.24, 2.45) is 0 Å². The molecular weight excluding hydrogens is 290 g/mol. The Morgan fingerprint density at radius 3 is 2.39 bits per heavy atom. The maximum Gasteiger partial charge on any atom is 0.253 e. The zero-order valence-corrected chi connectivity index (χ0v) is 14.3. The number of nitrogens with one attached hydrogen (secondary N) is 1. The molecule has 1 aliphatic heterocycles. The van der Waals surface area contributed by atoms with E-state index in [1.165, 1.54) is 0 Å². The number of hydrogen-bond acceptors (Lipinski definition) is 3. The number of piperidine rings is 1. The molecule has 5 heteroatoms. The summed E-state index contributed by atoms with van der Waals surface area (Å²) >= 11 is 0. The predicted molar refractivity (Wildman–Crippen MR) is 91.2 cm³/mol. The summed E-state index contributed by atoms with van der Waals surface area (Å²) in [6.45, 7) is 4.21. The molecule has 1 atom stereocenters. The van der Waals surface area contributed by atoms with Crippen LogP contribution < -0.4 is 5.32 Å². The highest BCUT2D eigenvalue weighted by molar-refractivity contribution is 5.93. The third-order valence-electron chi connectivity index (χ3n) is 4.28. The first-order valence-corrected chi connectivity index (χ1v) is 8.35. The van der Waals surface area contributed by atoms with Crippen molar-refractivity contribution in [2.75, 3.05) is 27.2 Å². The van der Waals surface area contributed by atoms with Crippen molar-refractivity contribution >= 4 is 11.8 Å². The molecule has 0 aromatic heterocycles. The van der Waals surface area contributed by atoms with Gasteiger partial charge >= 0.3 is 0 Å². The smallest absolute Gasteiger partial charge is 0.253 e. The first-order valence-electron chi connectivity index (χ1n) is 8.35. The van der Waals surface area contributed by atoms with Crippen LogP contribution in [0.1, 0.15) is 42.1 Å². The van der Waals surface area contributed by atoms with Gasteiger partial charge in [-0.05, 0) is 44.0 Å². The average Bonchev–Trinajstić information content (AvgIpc) is 2.59. The molecule has 23 heavy (non-hydrogen) atoms. The lowest BCUT2D eigenvalue weighted by molar-refractivity contribution is -0.134. The first-order chi connectivity index (χ1) is 11.0. The van der Waals surface area contributed by atoms with Crippen molar-refractivity contribution in [2.45, 2.75) is 38.8 Å². The van der Waals surface area contributed by atoms with Crippen molar-refractivity contribution < 1.29 is 9.59 Å². The SMILES string of the molecule is CCN(Cc1ccc(C(=O)N(C)C)cc1)C(=O)C1CCCCN1. The van der Waals surface area contributed by atoms with Crippen LogP contribution in [0.2, 0.25) is 0 Å². The second-order valence-electron chi connectivity index (χ2n) is 6.25. The lowest BCUT2D eigenvalue weighted by atomic mass is 10.0. The first kappa shape index (κ1) is 17.5. The molecule has 0 bridgehead atoms. The quantitative estimate of drug-likeness (QED) is 0.902. The molecule has 0 saturated carbocycles. The lowest BCUT2D eigenvalue weighted by Gasteiger charge is -2.29. The van der Waals surface area contributed by atoms with Gasteiger partial charge in [0.15, 0.2) is 0 Å². The van der Waals surface area contributed by atoms with Gasteiger partial charge < -0.3 is 15.1 Å². The summed E-state index contributed by atoms with van der Waals surface area (Å²) in [5.41, 5.74) is 1.72. The molecule has 5 nitrogen and oxygen atoms in total. The molecule has 1 aromatic carbocycles. The standard InChI is InChI=1S/C18H27N3O2/c1-4-21(18(23)16-7-5-6-12-19-16)13-14-8-10-15(11-9-14)17(22)20(2)3/h8-11,16,19H,4-7,12-13H2,1-3H3. The van der Waals surface area contributed by atoms with Crippen molar-refractivity contribution in [3.05, 3.63) is 35.4 Å². The summed E-state index contributed by atoms with van der Waals surface area (Å²) in [6, 6.07) is 7.48. The normalized spacial score (nSPS) is 17.6. The van der Waals surface area contributed by atoms with Crippen LogP contribution in [-0.4, -0.2) is 54.8 Å². The molecule has 1 fully saturated rings. The summed E-state index contributed by atoms with van der Waals surface area (Å²) in [6.07, 6.45) is 3.19. The minimum Gasteiger partial charge on any atom is -0.345 e. The molecular formula is C18H27N3O2. The molecule has 0 spiro atoms. The van der Waals surface area contributed by atoms with Gasteiger partial charge in [-0.1, -0.05) is 18.6 Å². The average molecular weight is 317 g/mol. The summed E-state index contributed by atoms with van der Waals surface area (Å²) in [5.74, 6) is 0.173. The van der Waals surface area contributed by atoms with Gasteiger partial charge in [0.2, 0.25) is 5.91 Å². The number of carbonyl (C=O) groups is 2. The van der Waals surface area contributed by atoms with Gasteiger partial charge in [0.1, 0.15) is 0 Å². The third-order valence-corrected chi connectivity index (χ3v) is 4.28. The lowest BCUT2D eigenvalue weighted by Crippen LogP contribution is -2.48. The molecule has 1 saturated heterocycles. The summed E-state index contributed by atoms with van der Waals surface area (Å²) in [4.78, 5) is 27.9. The highest BCUT2D eigenvalue weighted by Gasteiger charge is 2.24. The van der Waals surface area contributed by atoms with E-state index in [0.29, 0.717) is 18.7 Å². The zero-order chi connectivity index (χ0) is 16.8. The van der Waals surface area contributed by atoms with Gasteiger partial charge in [0, 0.05) is 32.7 Å². The van der Waals surface area contributed by atoms with Crippen LogP contribution in [0, 0.1) is 0 Å². The van der Waals surface area contributed by atoms with E-state index in [1.807, 2.05) is 36.1 Å². The fraction of sp³-hybridized carbons (Fsp3) is 0.556. The second kappa shape index (κ2) is 8.11. The summed E-state index contributed by atoms with van der Waals surface area (Å²) in [5, 5.41) is 3.31. The number of carbonyl (C=O) groups excluding carboxylic acids is 2. The topological polar surface area (TPSA) is 52.7 Å². The fourth-order valence-corrected chi connectivity index (χ4v) is 2.86. The van der Waals surface area contributed by atoms with Crippen LogP contribution in [-0.2, 0) is 11.3 Å². The molecule has 126 valence electrons. The minimum atomic E-state index is -0.0432. The molecule has 1 heterocycles. The van der Waals surface area contributed by atoms with Crippen LogP contribution >= 0.6 is 0 Å². The Morgan fingerprint density at radius 2 is 1.87 bits per heavy atom. The van der Waals surface area contributed by atoms with E-state index in [2.05, 4.69) is 5.32 Å². The molecule has 1 aromatic rings. The van der Waals surface area contributed by atoms with Crippen LogP contribution in [0.15, 0.2) is 24.3 Å². The Bertz CT molecular complexity index is 534. The van der Waals surface area contributed by atoms with E-state index in [-0.39, 0.29) is 17.9 Å². The van der Waals surface area contributed by atoms with E-state index >= 15 is 0 Å². The second-order valence-corrected chi connectivity index (χ2v) is 6.25. The van der Waals surface area contributed by atoms with Gasteiger partial charge in [-0.25, -0.2) is 0 Å². The van der Waals surface area contributed by atoms with Gasteiger partial charge in [0.05, 0.1) is 6.04 Å². The van der Waals surface area contributed by atoms with Gasteiger partial charge in [-0.3, -0.25) is 9.59 Å². The van der Waals surface area contributed by atoms with Crippen molar-refractivity contribution in [3.8, 4) is 0 Å². The fourth-order valence-electron chi connectivity index (χ4n) is 2.86. The number of hydrogen-bond donors (Lipinski definition) is 1. The van der Waals surface area contributed by atoms with Crippen molar-refractivity contribution in [1.29, 1.82) is 0 Å². The van der Waals surface area contributed by atoms with E-state index < -0.39 is 0 Å². The third kappa shape index (κ3) is 4.55. The Morgan fingerprint density at radius 1 is 1.17 bits per heavy atom. The monoisotopic (exact) mass is 317 g/mol. The van der Waals surface area contributed by atoms with Gasteiger partial charge in [0.25, 0.3) is 5.91 Å². The molecule has 1 aliphatic rings. The van der Waals surface area contributed by atoms with Crippen molar-refractivity contribution in [3.63, 3.8) is 0 Å². The minimum absolute atomic E-state index is 0.00798. The number of nitrogens with zero attached hydrogens (tertiary/aromatic N) is 2. The maximum atomic E-state index is 12.6. The van der Waals surface area contributed by atoms with Crippen LogP contribution in [0.3, 0.4) is 0 Å². The maximum absolute atomic E-state index is 12.6. The molecule has 2 amide bonds. The van der Waals surface area contributed by atoms with E-state index in [0.717, 1.165) is 31.4 Å². The number of likely N-dealkylation sites (N-methyl/N-ethyl adjacent to an activating group) is 1. The number of benzene rings is 1. The number of amides is 2. The Kier molecular flexibility index (Phi) is 6.16. The Hall–Kier alpha value is -1.88. The predicted octanol–water partition coefficient (Wildman–Crippen LogP) is 1.88. The van der Waals surface area contributed by atoms with Crippen molar-refractivity contribution in [1.82, 2.24) is 15.1 Å². The Labute approximate surface area is 138 Å². The van der Waals surface area contributed by atoms with E-state index in [1.54, 1.807) is 19.0 Å². The molecule has 1 N–H and O–H groups in total. The summed E-state index contributed by atoms with van der Waals surface area (Å²) < 4.78 is 0. The molecule has 0 aliphatic carbocycles. The summed E-state index contributed by atoms with van der Waals surface area (Å²) in [7, 11) is 3.48.